The van der Waals surface area contributed by atoms with Crippen LogP contribution in [0.2, 0.25) is 0 Å². The average Bonchev–Trinajstić information content (AvgIpc) is 3.01. The van der Waals surface area contributed by atoms with Crippen LogP contribution in [0.25, 0.3) is 0 Å². The van der Waals surface area contributed by atoms with Crippen LogP contribution in [0.5, 0.6) is 0 Å². The molecule has 2 aliphatic heterocycles. The maximum atomic E-state index is 12.7. The van der Waals surface area contributed by atoms with Crippen LogP contribution in [-0.4, -0.2) is 35.6 Å². The quantitative estimate of drug-likeness (QED) is 0.911. The molecule has 0 spiro atoms. The van der Waals surface area contributed by atoms with E-state index in [-0.39, 0.29) is 5.95 Å². The number of aromatic nitrogens is 2. The van der Waals surface area contributed by atoms with Crippen LogP contribution in [0.15, 0.2) is 12.3 Å². The third kappa shape index (κ3) is 3.28. The first-order valence-electron chi connectivity index (χ1n) is 7.42. The second-order valence-corrected chi connectivity index (χ2v) is 5.77. The van der Waals surface area contributed by atoms with Gasteiger partial charge in [0.1, 0.15) is 5.69 Å². The van der Waals surface area contributed by atoms with Crippen LogP contribution in [-0.2, 0) is 6.18 Å². The third-order valence-corrected chi connectivity index (χ3v) is 4.42. The summed E-state index contributed by atoms with van der Waals surface area (Å²) < 4.78 is 38.1. The second-order valence-electron chi connectivity index (χ2n) is 5.77. The van der Waals surface area contributed by atoms with Crippen molar-refractivity contribution in [2.45, 2.75) is 37.9 Å². The number of nitrogens with zero attached hydrogens (tertiary/aromatic N) is 3. The molecule has 0 bridgehead atoms. The van der Waals surface area contributed by atoms with Gasteiger partial charge in [0.05, 0.1) is 0 Å². The molecule has 7 heteroatoms. The molecule has 1 unspecified atom stereocenters. The Labute approximate surface area is 121 Å². The summed E-state index contributed by atoms with van der Waals surface area (Å²) in [5.41, 5.74) is -0.868. The molecule has 0 aromatic carbocycles. The molecule has 1 aromatic rings. The summed E-state index contributed by atoms with van der Waals surface area (Å²) in [5, 5.41) is 3.51. The van der Waals surface area contributed by atoms with Gasteiger partial charge in [-0.25, -0.2) is 9.97 Å². The molecule has 3 heterocycles. The van der Waals surface area contributed by atoms with E-state index in [1.807, 2.05) is 4.90 Å². The van der Waals surface area contributed by atoms with Crippen LogP contribution < -0.4 is 10.2 Å². The summed E-state index contributed by atoms with van der Waals surface area (Å²) >= 11 is 0. The van der Waals surface area contributed by atoms with E-state index >= 15 is 0 Å². The van der Waals surface area contributed by atoms with Gasteiger partial charge in [-0.2, -0.15) is 13.2 Å². The molecule has 3 rings (SSSR count). The number of anilines is 1. The minimum atomic E-state index is -4.41. The van der Waals surface area contributed by atoms with Crippen molar-refractivity contribution < 1.29 is 13.2 Å². The maximum Gasteiger partial charge on any atom is 0.433 e. The summed E-state index contributed by atoms with van der Waals surface area (Å²) in [5.74, 6) is 0.817. The molecule has 2 fully saturated rings. The van der Waals surface area contributed by atoms with Crippen molar-refractivity contribution in [3.8, 4) is 0 Å². The number of hydrogen-bond donors (Lipinski definition) is 1. The molecule has 0 saturated carbocycles. The van der Waals surface area contributed by atoms with Crippen molar-refractivity contribution >= 4 is 5.95 Å². The summed E-state index contributed by atoms with van der Waals surface area (Å²) in [6, 6.07) is 1.49. The number of rotatable bonds is 2. The summed E-state index contributed by atoms with van der Waals surface area (Å²) in [4.78, 5) is 9.52. The number of halogens is 3. The highest BCUT2D eigenvalue weighted by Crippen LogP contribution is 2.30. The van der Waals surface area contributed by atoms with Gasteiger partial charge in [0, 0.05) is 25.3 Å². The van der Waals surface area contributed by atoms with Gasteiger partial charge in [-0.05, 0) is 44.2 Å². The predicted octanol–water partition coefficient (Wildman–Crippen LogP) is 2.46. The van der Waals surface area contributed by atoms with Crippen molar-refractivity contribution in [2.24, 2.45) is 5.92 Å². The Bertz CT molecular complexity index is 477. The van der Waals surface area contributed by atoms with E-state index in [2.05, 4.69) is 15.3 Å². The van der Waals surface area contributed by atoms with E-state index < -0.39 is 11.9 Å². The molecule has 0 radical (unpaired) electrons. The van der Waals surface area contributed by atoms with Gasteiger partial charge >= 0.3 is 6.18 Å². The van der Waals surface area contributed by atoms with Crippen molar-refractivity contribution in [1.29, 1.82) is 0 Å². The molecule has 2 aliphatic rings. The highest BCUT2D eigenvalue weighted by Gasteiger charge is 2.34. The Kier molecular flexibility index (Phi) is 4.01. The lowest BCUT2D eigenvalue weighted by atomic mass is 9.89. The van der Waals surface area contributed by atoms with Crippen molar-refractivity contribution in [3.63, 3.8) is 0 Å². The standard InChI is InChI=1S/C14H19F3N4/c15-14(16,17)12-3-7-19-13(20-12)21-8-4-10(5-9-21)11-2-1-6-18-11/h3,7,10-11,18H,1-2,4-6,8-9H2. The zero-order valence-electron chi connectivity index (χ0n) is 11.7. The van der Waals surface area contributed by atoms with Crippen LogP contribution in [0, 0.1) is 5.92 Å². The van der Waals surface area contributed by atoms with Crippen LogP contribution in [0.1, 0.15) is 31.4 Å². The van der Waals surface area contributed by atoms with Crippen LogP contribution in [0.4, 0.5) is 19.1 Å². The fourth-order valence-corrected chi connectivity index (χ4v) is 3.27. The van der Waals surface area contributed by atoms with E-state index in [4.69, 9.17) is 0 Å². The minimum Gasteiger partial charge on any atom is -0.341 e. The van der Waals surface area contributed by atoms with Crippen molar-refractivity contribution in [1.82, 2.24) is 15.3 Å². The predicted molar refractivity (Wildman–Crippen MR) is 73.0 cm³/mol. The first kappa shape index (κ1) is 14.6. The molecule has 1 N–H and O–H groups in total. The van der Waals surface area contributed by atoms with Gasteiger partial charge in [-0.15, -0.1) is 0 Å². The smallest absolute Gasteiger partial charge is 0.341 e. The summed E-state index contributed by atoms with van der Waals surface area (Å²) in [6.45, 7) is 2.54. The zero-order chi connectivity index (χ0) is 14.9. The van der Waals surface area contributed by atoms with Gasteiger partial charge in [0.15, 0.2) is 0 Å². The van der Waals surface area contributed by atoms with Crippen molar-refractivity contribution in [2.75, 3.05) is 24.5 Å². The van der Waals surface area contributed by atoms with Gasteiger partial charge in [0.25, 0.3) is 0 Å². The summed E-state index contributed by atoms with van der Waals surface area (Å²) in [6.07, 6.45) is 1.18. The lowest BCUT2D eigenvalue weighted by Crippen LogP contribution is -2.41. The Morgan fingerprint density at radius 2 is 1.95 bits per heavy atom. The van der Waals surface area contributed by atoms with E-state index in [9.17, 15) is 13.2 Å². The molecule has 116 valence electrons. The summed E-state index contributed by atoms with van der Waals surface area (Å²) in [7, 11) is 0. The number of alkyl halides is 3. The Balaban J connectivity index is 1.64. The van der Waals surface area contributed by atoms with E-state index in [1.54, 1.807) is 0 Å². The van der Waals surface area contributed by atoms with Gasteiger partial charge < -0.3 is 10.2 Å². The lowest BCUT2D eigenvalue weighted by molar-refractivity contribution is -0.141. The number of nitrogens with one attached hydrogen (secondary N) is 1. The molecule has 2 saturated heterocycles. The molecule has 4 nitrogen and oxygen atoms in total. The molecule has 0 amide bonds. The van der Waals surface area contributed by atoms with E-state index in [1.165, 1.54) is 19.0 Å². The largest absolute Gasteiger partial charge is 0.433 e. The van der Waals surface area contributed by atoms with Gasteiger partial charge in [0.2, 0.25) is 5.95 Å². The SMILES string of the molecule is FC(F)(F)c1ccnc(N2CCC(C3CCCN3)CC2)n1. The molecular formula is C14H19F3N4. The first-order valence-corrected chi connectivity index (χ1v) is 7.42. The van der Waals surface area contributed by atoms with E-state index in [0.717, 1.165) is 38.5 Å². The highest BCUT2D eigenvalue weighted by atomic mass is 19.4. The highest BCUT2D eigenvalue weighted by molar-refractivity contribution is 5.31. The normalized spacial score (nSPS) is 24.5. The molecule has 1 atom stereocenters. The number of hydrogen-bond acceptors (Lipinski definition) is 4. The number of piperidine rings is 1. The molecular weight excluding hydrogens is 281 g/mol. The lowest BCUT2D eigenvalue weighted by Gasteiger charge is -2.35. The molecule has 21 heavy (non-hydrogen) atoms. The zero-order valence-corrected chi connectivity index (χ0v) is 11.7. The van der Waals surface area contributed by atoms with Crippen LogP contribution in [0.3, 0.4) is 0 Å². The minimum absolute atomic E-state index is 0.197. The average molecular weight is 300 g/mol. The topological polar surface area (TPSA) is 41.1 Å². The first-order chi connectivity index (χ1) is 10.0. The fraction of sp³-hybridized carbons (Fsp3) is 0.714. The molecule has 1 aromatic heterocycles. The van der Waals surface area contributed by atoms with Crippen molar-refractivity contribution in [3.05, 3.63) is 18.0 Å². The Morgan fingerprint density at radius 1 is 1.19 bits per heavy atom. The second kappa shape index (κ2) is 5.79. The maximum absolute atomic E-state index is 12.7. The molecule has 0 aliphatic carbocycles. The van der Waals surface area contributed by atoms with Gasteiger partial charge in [-0.3, -0.25) is 0 Å². The Hall–Kier alpha value is -1.37. The fourth-order valence-electron chi connectivity index (χ4n) is 3.27. The third-order valence-electron chi connectivity index (χ3n) is 4.42. The monoisotopic (exact) mass is 300 g/mol. The van der Waals surface area contributed by atoms with Gasteiger partial charge in [-0.1, -0.05) is 0 Å². The van der Waals surface area contributed by atoms with Crippen LogP contribution >= 0.6 is 0 Å². The van der Waals surface area contributed by atoms with E-state index in [0.29, 0.717) is 12.0 Å². The Morgan fingerprint density at radius 3 is 2.57 bits per heavy atom.